The second kappa shape index (κ2) is 6.16. The van der Waals surface area contributed by atoms with Crippen LogP contribution in [0.5, 0.6) is 0 Å². The van der Waals surface area contributed by atoms with Crippen LogP contribution in [0.15, 0.2) is 0 Å². The Labute approximate surface area is 131 Å². The first-order valence-corrected chi connectivity index (χ1v) is 8.85. The van der Waals surface area contributed by atoms with Crippen molar-refractivity contribution in [2.45, 2.75) is 78.1 Å². The van der Waals surface area contributed by atoms with Gasteiger partial charge >= 0.3 is 0 Å². The normalized spacial score (nSPS) is 30.7. The van der Waals surface area contributed by atoms with Crippen LogP contribution in [-0.4, -0.2) is 53.2 Å². The number of piperidine rings is 1. The molecule has 0 bridgehead atoms. The Kier molecular flexibility index (Phi) is 5.04. The third-order valence-corrected chi connectivity index (χ3v) is 6.35. The summed E-state index contributed by atoms with van der Waals surface area (Å²) >= 11 is 0. The topological polar surface area (TPSA) is 6.48 Å². The lowest BCUT2D eigenvalue weighted by Gasteiger charge is -2.49. The average molecular weight is 298 g/mol. The van der Waals surface area contributed by atoms with E-state index in [-0.39, 0.29) is 5.54 Å². The Morgan fingerprint density at radius 2 is 1.62 bits per heavy atom. The second-order valence-corrected chi connectivity index (χ2v) is 8.41. The first-order valence-electron chi connectivity index (χ1n) is 8.85. The third kappa shape index (κ3) is 3.29. The molecule has 2 aliphatic rings. The van der Waals surface area contributed by atoms with E-state index in [2.05, 4.69) is 51.3 Å². The van der Waals surface area contributed by atoms with Gasteiger partial charge in [0.2, 0.25) is 0 Å². The molecule has 0 spiro atoms. The van der Waals surface area contributed by atoms with Gasteiger partial charge in [-0.25, -0.2) is 4.39 Å². The molecule has 0 saturated carbocycles. The molecule has 2 rings (SSSR count). The maximum absolute atomic E-state index is 15.7. The van der Waals surface area contributed by atoms with Gasteiger partial charge in [0, 0.05) is 19.1 Å². The van der Waals surface area contributed by atoms with Crippen molar-refractivity contribution in [3.8, 4) is 0 Å². The zero-order valence-corrected chi connectivity index (χ0v) is 15.0. The minimum Gasteiger partial charge on any atom is -0.298 e. The van der Waals surface area contributed by atoms with E-state index in [1.807, 2.05) is 0 Å². The summed E-state index contributed by atoms with van der Waals surface area (Å²) in [6, 6.07) is 0.449. The van der Waals surface area contributed by atoms with Crippen LogP contribution < -0.4 is 0 Å². The van der Waals surface area contributed by atoms with E-state index in [0.29, 0.717) is 19.0 Å². The molecule has 21 heavy (non-hydrogen) atoms. The predicted octanol–water partition coefficient (Wildman–Crippen LogP) is 3.96. The summed E-state index contributed by atoms with van der Waals surface area (Å²) < 4.78 is 15.7. The maximum Gasteiger partial charge on any atom is 0.142 e. The Balaban J connectivity index is 2.02. The predicted molar refractivity (Wildman–Crippen MR) is 88.4 cm³/mol. The van der Waals surface area contributed by atoms with Gasteiger partial charge in [0.15, 0.2) is 0 Å². The van der Waals surface area contributed by atoms with Crippen LogP contribution in [0.25, 0.3) is 0 Å². The van der Waals surface area contributed by atoms with Gasteiger partial charge in [0.1, 0.15) is 5.67 Å². The molecule has 3 heteroatoms. The molecule has 1 unspecified atom stereocenters. The average Bonchev–Trinajstić information content (AvgIpc) is 2.83. The Hall–Kier alpha value is -0.150. The van der Waals surface area contributed by atoms with Crippen LogP contribution in [-0.2, 0) is 0 Å². The number of hydrogen-bond donors (Lipinski definition) is 0. The summed E-state index contributed by atoms with van der Waals surface area (Å²) in [6.45, 7) is 16.9. The molecule has 2 heterocycles. The molecular weight excluding hydrogens is 263 g/mol. The summed E-state index contributed by atoms with van der Waals surface area (Å²) in [5.41, 5.74) is -1.42. The quantitative estimate of drug-likeness (QED) is 0.775. The van der Waals surface area contributed by atoms with Gasteiger partial charge in [-0.1, -0.05) is 13.8 Å². The fourth-order valence-corrected chi connectivity index (χ4v) is 4.15. The molecule has 2 nitrogen and oxygen atoms in total. The van der Waals surface area contributed by atoms with Crippen LogP contribution in [0.4, 0.5) is 4.39 Å². The minimum atomic E-state index is -1.07. The number of likely N-dealkylation sites (tertiary alicyclic amines) is 2. The largest absolute Gasteiger partial charge is 0.298 e. The molecule has 124 valence electrons. The summed E-state index contributed by atoms with van der Waals surface area (Å²) in [5.74, 6) is 1.58. The van der Waals surface area contributed by atoms with Crippen molar-refractivity contribution in [1.29, 1.82) is 0 Å². The molecule has 2 saturated heterocycles. The third-order valence-electron chi connectivity index (χ3n) is 6.35. The van der Waals surface area contributed by atoms with Crippen molar-refractivity contribution < 1.29 is 4.39 Å². The monoisotopic (exact) mass is 298 g/mol. The van der Waals surface area contributed by atoms with Crippen molar-refractivity contribution >= 4 is 0 Å². The lowest BCUT2D eigenvalue weighted by Crippen LogP contribution is -2.61. The summed E-state index contributed by atoms with van der Waals surface area (Å²) in [7, 11) is 0. The molecular formula is C18H35FN2. The zero-order chi connectivity index (χ0) is 15.8. The summed E-state index contributed by atoms with van der Waals surface area (Å²) in [4.78, 5) is 4.72. The Morgan fingerprint density at radius 3 is 2.05 bits per heavy atom. The van der Waals surface area contributed by atoms with Crippen LogP contribution >= 0.6 is 0 Å². The number of rotatable bonds is 4. The molecule has 2 aliphatic heterocycles. The maximum atomic E-state index is 15.7. The highest BCUT2D eigenvalue weighted by Crippen LogP contribution is 2.42. The van der Waals surface area contributed by atoms with Crippen molar-refractivity contribution in [3.63, 3.8) is 0 Å². The minimum absolute atomic E-state index is 0.349. The highest BCUT2D eigenvalue weighted by atomic mass is 19.1. The fourth-order valence-electron chi connectivity index (χ4n) is 4.15. The molecule has 1 atom stereocenters. The SMILES string of the molecule is CC(C)C1CCN(C(C)(C)C2(F)CCN(C(C)C)C2)CC1. The Bertz CT molecular complexity index is 345. The van der Waals surface area contributed by atoms with E-state index < -0.39 is 5.67 Å². The number of nitrogens with zero attached hydrogens (tertiary/aromatic N) is 2. The first kappa shape index (κ1) is 17.2. The fraction of sp³-hybridized carbons (Fsp3) is 1.00. The van der Waals surface area contributed by atoms with Crippen LogP contribution in [0.2, 0.25) is 0 Å². The van der Waals surface area contributed by atoms with Gasteiger partial charge in [0.05, 0.1) is 5.54 Å². The van der Waals surface area contributed by atoms with Gasteiger partial charge in [0.25, 0.3) is 0 Å². The van der Waals surface area contributed by atoms with E-state index in [1.165, 1.54) is 12.8 Å². The molecule has 0 aromatic carbocycles. The van der Waals surface area contributed by atoms with Crippen molar-refractivity contribution in [2.24, 2.45) is 11.8 Å². The lowest BCUT2D eigenvalue weighted by molar-refractivity contribution is -0.0506. The van der Waals surface area contributed by atoms with Gasteiger partial charge in [-0.15, -0.1) is 0 Å². The molecule has 0 amide bonds. The molecule has 0 radical (unpaired) electrons. The number of alkyl halides is 1. The van der Waals surface area contributed by atoms with E-state index in [0.717, 1.165) is 31.5 Å². The smallest absolute Gasteiger partial charge is 0.142 e. The van der Waals surface area contributed by atoms with Crippen LogP contribution in [0.1, 0.15) is 60.8 Å². The standard InChI is InChI=1S/C18H35FN2/c1-14(2)16-7-10-21(11-8-16)17(5,6)18(19)9-12-20(13-18)15(3)4/h14-16H,7-13H2,1-6H3. The second-order valence-electron chi connectivity index (χ2n) is 8.41. The first-order chi connectivity index (χ1) is 9.67. The molecule has 0 aromatic rings. The lowest BCUT2D eigenvalue weighted by atomic mass is 9.78. The van der Waals surface area contributed by atoms with E-state index in [9.17, 15) is 0 Å². The van der Waals surface area contributed by atoms with Gasteiger partial charge < -0.3 is 0 Å². The number of halogens is 1. The van der Waals surface area contributed by atoms with E-state index in [1.54, 1.807) is 0 Å². The highest BCUT2D eigenvalue weighted by Gasteiger charge is 2.53. The summed E-state index contributed by atoms with van der Waals surface area (Å²) in [5, 5.41) is 0. The molecule has 0 N–H and O–H groups in total. The highest BCUT2D eigenvalue weighted by molar-refractivity contribution is 5.08. The van der Waals surface area contributed by atoms with Crippen LogP contribution in [0, 0.1) is 11.8 Å². The molecule has 0 aliphatic carbocycles. The molecule has 2 fully saturated rings. The van der Waals surface area contributed by atoms with Gasteiger partial charge in [-0.2, -0.15) is 0 Å². The van der Waals surface area contributed by atoms with Crippen molar-refractivity contribution in [3.05, 3.63) is 0 Å². The Morgan fingerprint density at radius 1 is 1.05 bits per heavy atom. The molecule has 0 aromatic heterocycles. The zero-order valence-electron chi connectivity index (χ0n) is 15.0. The number of hydrogen-bond acceptors (Lipinski definition) is 2. The van der Waals surface area contributed by atoms with Gasteiger partial charge in [-0.3, -0.25) is 9.80 Å². The van der Waals surface area contributed by atoms with Crippen molar-refractivity contribution in [1.82, 2.24) is 9.80 Å². The van der Waals surface area contributed by atoms with Crippen molar-refractivity contribution in [2.75, 3.05) is 26.2 Å². The van der Waals surface area contributed by atoms with Crippen LogP contribution in [0.3, 0.4) is 0 Å². The summed E-state index contributed by atoms with van der Waals surface area (Å²) in [6.07, 6.45) is 3.14. The van der Waals surface area contributed by atoms with E-state index in [4.69, 9.17) is 0 Å². The van der Waals surface area contributed by atoms with E-state index >= 15 is 4.39 Å². The van der Waals surface area contributed by atoms with Gasteiger partial charge in [-0.05, 0) is 71.9 Å².